The van der Waals surface area contributed by atoms with E-state index in [0.717, 1.165) is 32.7 Å². The summed E-state index contributed by atoms with van der Waals surface area (Å²) in [6.07, 6.45) is 3.81. The van der Waals surface area contributed by atoms with Crippen LogP contribution in [-0.2, 0) is 17.7 Å². The highest BCUT2D eigenvalue weighted by Crippen LogP contribution is 2.31. The van der Waals surface area contributed by atoms with E-state index >= 15 is 0 Å². The first-order valence-corrected chi connectivity index (χ1v) is 7.40. The van der Waals surface area contributed by atoms with Gasteiger partial charge in [0, 0.05) is 30.5 Å². The minimum atomic E-state index is 0.235. The molecule has 2 atom stereocenters. The molecule has 1 saturated heterocycles. The molecule has 106 valence electrons. The average molecular weight is 263 g/mol. The van der Waals surface area contributed by atoms with Crippen molar-refractivity contribution in [3.8, 4) is 0 Å². The van der Waals surface area contributed by atoms with Crippen LogP contribution in [0.4, 0.5) is 0 Å². The van der Waals surface area contributed by atoms with Gasteiger partial charge in [-0.1, -0.05) is 0 Å². The third-order valence-electron chi connectivity index (χ3n) is 4.51. The van der Waals surface area contributed by atoms with Gasteiger partial charge in [0.15, 0.2) is 0 Å². The molecule has 2 N–H and O–H groups in total. The number of likely N-dealkylation sites (N-methyl/N-ethyl adjacent to an activating group) is 1. The number of hydrogen-bond acceptors (Lipinski definition) is 3. The maximum absolute atomic E-state index is 6.23. The topological polar surface area (TPSA) is 43.4 Å². The van der Waals surface area contributed by atoms with Gasteiger partial charge in [0.2, 0.25) is 0 Å². The molecule has 2 aliphatic rings. The number of morpholine rings is 1. The fraction of sp³-hybridized carbons (Fsp3) is 0.733. The highest BCUT2D eigenvalue weighted by molar-refractivity contribution is 5.32. The molecule has 4 heteroatoms. The summed E-state index contributed by atoms with van der Waals surface area (Å²) in [4.78, 5) is 2.35. The van der Waals surface area contributed by atoms with Crippen LogP contribution in [0.1, 0.15) is 35.8 Å². The second-order valence-electron chi connectivity index (χ2n) is 6.05. The zero-order chi connectivity index (χ0) is 13.4. The summed E-state index contributed by atoms with van der Waals surface area (Å²) in [5.41, 5.74) is 10.4. The molecule has 1 fully saturated rings. The van der Waals surface area contributed by atoms with Gasteiger partial charge >= 0.3 is 0 Å². The quantitative estimate of drug-likeness (QED) is 0.878. The van der Waals surface area contributed by atoms with Gasteiger partial charge in [-0.05, 0) is 44.9 Å². The molecule has 19 heavy (non-hydrogen) atoms. The van der Waals surface area contributed by atoms with E-state index in [9.17, 15) is 0 Å². The van der Waals surface area contributed by atoms with E-state index in [4.69, 9.17) is 10.5 Å². The van der Waals surface area contributed by atoms with Crippen molar-refractivity contribution < 1.29 is 4.74 Å². The van der Waals surface area contributed by atoms with Gasteiger partial charge in [-0.3, -0.25) is 0 Å². The number of hydrogen-bond donors (Lipinski definition) is 1. The van der Waals surface area contributed by atoms with Crippen molar-refractivity contribution >= 4 is 0 Å². The third kappa shape index (κ3) is 2.57. The van der Waals surface area contributed by atoms with E-state index < -0.39 is 0 Å². The molecular weight excluding hydrogens is 238 g/mol. The predicted molar refractivity (Wildman–Crippen MR) is 76.3 cm³/mol. The van der Waals surface area contributed by atoms with E-state index in [-0.39, 0.29) is 6.04 Å². The number of nitrogens with zero attached hydrogens (tertiary/aromatic N) is 2. The predicted octanol–water partition coefficient (Wildman–Crippen LogP) is 1.46. The summed E-state index contributed by atoms with van der Waals surface area (Å²) in [6, 6.07) is 2.52. The van der Waals surface area contributed by atoms with Gasteiger partial charge in [-0.2, -0.15) is 0 Å². The Morgan fingerprint density at radius 1 is 1.47 bits per heavy atom. The summed E-state index contributed by atoms with van der Waals surface area (Å²) in [6.45, 7) is 6.08. The van der Waals surface area contributed by atoms with E-state index in [1.165, 1.54) is 29.8 Å². The van der Waals surface area contributed by atoms with Gasteiger partial charge in [0.05, 0.1) is 19.3 Å². The molecule has 1 aromatic rings. The lowest BCUT2D eigenvalue weighted by molar-refractivity contribution is -0.0280. The summed E-state index contributed by atoms with van der Waals surface area (Å²) in [5, 5.41) is 0. The molecule has 0 aromatic carbocycles. The van der Waals surface area contributed by atoms with Crippen molar-refractivity contribution in [1.82, 2.24) is 9.47 Å². The second-order valence-corrected chi connectivity index (χ2v) is 6.05. The van der Waals surface area contributed by atoms with Crippen LogP contribution in [0.25, 0.3) is 0 Å². The van der Waals surface area contributed by atoms with Crippen molar-refractivity contribution in [2.75, 3.05) is 26.7 Å². The second kappa shape index (κ2) is 5.27. The molecular formula is C15H25N3O. The van der Waals surface area contributed by atoms with E-state index in [1.54, 1.807) is 0 Å². The van der Waals surface area contributed by atoms with Crippen LogP contribution in [0.3, 0.4) is 0 Å². The maximum atomic E-state index is 6.23. The van der Waals surface area contributed by atoms with Gasteiger partial charge in [0.1, 0.15) is 0 Å². The van der Waals surface area contributed by atoms with Crippen LogP contribution < -0.4 is 5.73 Å². The monoisotopic (exact) mass is 263 g/mol. The lowest BCUT2D eigenvalue weighted by Crippen LogP contribution is -2.42. The Hall–Kier alpha value is -0.840. The van der Waals surface area contributed by atoms with Crippen LogP contribution in [-0.4, -0.2) is 42.3 Å². The number of rotatable bonds is 2. The number of fused-ring (bicyclic) bond motifs is 1. The number of nitrogens with two attached hydrogens (primary N) is 1. The fourth-order valence-electron chi connectivity index (χ4n) is 3.44. The first-order chi connectivity index (χ1) is 9.15. The van der Waals surface area contributed by atoms with Gasteiger partial charge in [-0.15, -0.1) is 0 Å². The largest absolute Gasteiger partial charge is 0.374 e. The maximum Gasteiger partial charge on any atom is 0.0881 e. The van der Waals surface area contributed by atoms with Gasteiger partial charge < -0.3 is 19.9 Å². The fourth-order valence-corrected chi connectivity index (χ4v) is 3.44. The minimum Gasteiger partial charge on any atom is -0.374 e. The third-order valence-corrected chi connectivity index (χ3v) is 4.51. The number of ether oxygens (including phenoxy) is 1. The Bertz CT molecular complexity index is 454. The normalized spacial score (nSPS) is 28.4. The summed E-state index contributed by atoms with van der Waals surface area (Å²) >= 11 is 0. The summed E-state index contributed by atoms with van der Waals surface area (Å²) < 4.78 is 8.34. The molecule has 2 heterocycles. The van der Waals surface area contributed by atoms with Gasteiger partial charge in [-0.25, -0.2) is 0 Å². The molecule has 2 unspecified atom stereocenters. The highest BCUT2D eigenvalue weighted by Gasteiger charge is 2.25. The van der Waals surface area contributed by atoms with Crippen molar-refractivity contribution in [1.29, 1.82) is 0 Å². The molecule has 0 saturated carbocycles. The zero-order valence-corrected chi connectivity index (χ0v) is 12.1. The molecule has 0 amide bonds. The van der Waals surface area contributed by atoms with E-state index in [2.05, 4.69) is 29.5 Å². The van der Waals surface area contributed by atoms with Crippen LogP contribution in [0.5, 0.6) is 0 Å². The number of aryl methyl sites for hydroxylation is 1. The average Bonchev–Trinajstić information content (AvgIpc) is 2.69. The lowest BCUT2D eigenvalue weighted by Gasteiger charge is -2.31. The molecule has 1 aliphatic heterocycles. The van der Waals surface area contributed by atoms with Crippen molar-refractivity contribution in [2.24, 2.45) is 5.73 Å². The molecule has 1 aliphatic carbocycles. The van der Waals surface area contributed by atoms with Gasteiger partial charge in [0.25, 0.3) is 0 Å². The van der Waals surface area contributed by atoms with E-state index in [1.807, 2.05) is 0 Å². The Morgan fingerprint density at radius 3 is 3.11 bits per heavy atom. The lowest BCUT2D eigenvalue weighted by atomic mass is 9.93. The zero-order valence-electron chi connectivity index (χ0n) is 12.1. The van der Waals surface area contributed by atoms with Crippen molar-refractivity contribution in [3.63, 3.8) is 0 Å². The smallest absolute Gasteiger partial charge is 0.0881 e. The van der Waals surface area contributed by atoms with Crippen molar-refractivity contribution in [3.05, 3.63) is 23.0 Å². The standard InChI is InChI=1S/C15H25N3O/c1-11-8-13-14(16)4-3-5-15(13)18(11)10-12-9-17(2)6-7-19-12/h8,12,14H,3-7,9-10,16H2,1-2H3. The molecule has 1 aromatic heterocycles. The molecule has 3 rings (SSSR count). The Morgan fingerprint density at radius 2 is 2.32 bits per heavy atom. The molecule has 4 nitrogen and oxygen atoms in total. The Labute approximate surface area is 115 Å². The summed E-state index contributed by atoms with van der Waals surface area (Å²) in [7, 11) is 2.17. The summed E-state index contributed by atoms with van der Waals surface area (Å²) in [5.74, 6) is 0. The Kier molecular flexibility index (Phi) is 3.65. The first-order valence-electron chi connectivity index (χ1n) is 7.40. The Balaban J connectivity index is 1.81. The van der Waals surface area contributed by atoms with Crippen molar-refractivity contribution in [2.45, 2.75) is 44.9 Å². The molecule has 0 bridgehead atoms. The van der Waals surface area contributed by atoms with Crippen LogP contribution in [0.15, 0.2) is 6.07 Å². The molecule has 0 radical (unpaired) electrons. The number of aromatic nitrogens is 1. The van der Waals surface area contributed by atoms with Crippen LogP contribution >= 0.6 is 0 Å². The minimum absolute atomic E-state index is 0.235. The highest BCUT2D eigenvalue weighted by atomic mass is 16.5. The van der Waals surface area contributed by atoms with Crippen LogP contribution in [0.2, 0.25) is 0 Å². The first kappa shape index (κ1) is 13.2. The SMILES string of the molecule is Cc1cc2c(n1CC1CN(C)CCO1)CCCC2N. The van der Waals surface area contributed by atoms with E-state index in [0.29, 0.717) is 6.10 Å². The molecule has 0 spiro atoms. The van der Waals surface area contributed by atoms with Crippen LogP contribution in [0, 0.1) is 6.92 Å².